The standard InChI is InChI=1S/C13H15F3O3S/c1-3-10(17)19-12(11(18)13(14,15)16)20-9-6-4-8(2)5-7-9/h4-7,11-12,18H,3H2,1-2H3. The van der Waals surface area contributed by atoms with Crippen LogP contribution in [0, 0.1) is 6.92 Å². The molecule has 0 aliphatic heterocycles. The van der Waals surface area contributed by atoms with Gasteiger partial charge in [0.05, 0.1) is 0 Å². The summed E-state index contributed by atoms with van der Waals surface area (Å²) in [4.78, 5) is 11.7. The minimum Gasteiger partial charge on any atom is -0.448 e. The number of alkyl halides is 3. The summed E-state index contributed by atoms with van der Waals surface area (Å²) >= 11 is 0.663. The summed E-state index contributed by atoms with van der Waals surface area (Å²) in [6.45, 7) is 3.31. The maximum atomic E-state index is 12.6. The van der Waals surface area contributed by atoms with Crippen LogP contribution in [0.25, 0.3) is 0 Å². The van der Waals surface area contributed by atoms with Gasteiger partial charge < -0.3 is 9.84 Å². The summed E-state index contributed by atoms with van der Waals surface area (Å²) in [6, 6.07) is 6.66. The highest BCUT2D eigenvalue weighted by Gasteiger charge is 2.46. The fourth-order valence-corrected chi connectivity index (χ4v) is 2.27. The molecule has 20 heavy (non-hydrogen) atoms. The third-order valence-electron chi connectivity index (χ3n) is 2.40. The molecule has 1 N–H and O–H groups in total. The molecule has 2 unspecified atom stereocenters. The van der Waals surface area contributed by atoms with E-state index in [1.807, 2.05) is 6.92 Å². The molecule has 2 atom stereocenters. The normalized spacial score (nSPS) is 14.7. The summed E-state index contributed by atoms with van der Waals surface area (Å²) < 4.78 is 42.4. The van der Waals surface area contributed by atoms with Crippen molar-refractivity contribution >= 4 is 17.7 Å². The van der Waals surface area contributed by atoms with Crippen molar-refractivity contribution in [2.24, 2.45) is 0 Å². The van der Waals surface area contributed by atoms with Gasteiger partial charge in [0, 0.05) is 11.3 Å². The van der Waals surface area contributed by atoms with Crippen LogP contribution in [-0.4, -0.2) is 28.8 Å². The average Bonchev–Trinajstić information content (AvgIpc) is 2.38. The van der Waals surface area contributed by atoms with Crippen molar-refractivity contribution < 1.29 is 27.8 Å². The zero-order valence-corrected chi connectivity index (χ0v) is 11.8. The van der Waals surface area contributed by atoms with Crippen molar-refractivity contribution in [3.63, 3.8) is 0 Å². The van der Waals surface area contributed by atoms with E-state index in [9.17, 15) is 23.1 Å². The van der Waals surface area contributed by atoms with Crippen LogP contribution in [0.3, 0.4) is 0 Å². The molecular weight excluding hydrogens is 293 g/mol. The molecule has 1 aromatic carbocycles. The predicted molar refractivity (Wildman–Crippen MR) is 69.3 cm³/mol. The molecule has 7 heteroatoms. The smallest absolute Gasteiger partial charge is 0.418 e. The van der Waals surface area contributed by atoms with E-state index >= 15 is 0 Å². The molecule has 0 heterocycles. The van der Waals surface area contributed by atoms with Crippen molar-refractivity contribution in [2.75, 3.05) is 0 Å². The van der Waals surface area contributed by atoms with Crippen LogP contribution in [0.15, 0.2) is 29.2 Å². The number of aryl methyl sites for hydroxylation is 1. The number of aliphatic hydroxyl groups excluding tert-OH is 1. The van der Waals surface area contributed by atoms with Gasteiger partial charge in [0.1, 0.15) is 0 Å². The summed E-state index contributed by atoms with van der Waals surface area (Å²) in [5.41, 5.74) is -0.766. The second kappa shape index (κ2) is 6.99. The fourth-order valence-electron chi connectivity index (χ4n) is 1.27. The van der Waals surface area contributed by atoms with Crippen molar-refractivity contribution in [1.29, 1.82) is 0 Å². The van der Waals surface area contributed by atoms with Crippen LogP contribution >= 0.6 is 11.8 Å². The molecule has 0 aliphatic carbocycles. The Labute approximate surface area is 119 Å². The molecule has 1 rings (SSSR count). The van der Waals surface area contributed by atoms with Gasteiger partial charge in [0.2, 0.25) is 0 Å². The highest BCUT2D eigenvalue weighted by atomic mass is 32.2. The third kappa shape index (κ3) is 5.05. The summed E-state index contributed by atoms with van der Waals surface area (Å²) in [7, 11) is 0. The Bertz CT molecular complexity index is 445. The SMILES string of the molecule is CCC(=O)OC(Sc1ccc(C)cc1)C(O)C(F)(F)F. The molecule has 112 valence electrons. The highest BCUT2D eigenvalue weighted by molar-refractivity contribution is 7.99. The molecular formula is C13H15F3O3S. The Morgan fingerprint density at radius 1 is 1.35 bits per heavy atom. The third-order valence-corrected chi connectivity index (χ3v) is 3.53. The van der Waals surface area contributed by atoms with Gasteiger partial charge in [-0.3, -0.25) is 4.79 Å². The van der Waals surface area contributed by atoms with E-state index in [1.54, 1.807) is 24.3 Å². The first kappa shape index (κ1) is 16.8. The lowest BCUT2D eigenvalue weighted by atomic mass is 10.2. The number of esters is 1. The van der Waals surface area contributed by atoms with E-state index in [1.165, 1.54) is 6.92 Å². The zero-order valence-electron chi connectivity index (χ0n) is 11.0. The van der Waals surface area contributed by atoms with Crippen molar-refractivity contribution in [2.45, 2.75) is 42.9 Å². The van der Waals surface area contributed by atoms with Crippen molar-refractivity contribution in [3.8, 4) is 0 Å². The van der Waals surface area contributed by atoms with Crippen LogP contribution in [0.1, 0.15) is 18.9 Å². The number of hydrogen-bond acceptors (Lipinski definition) is 4. The Hall–Kier alpha value is -1.21. The van der Waals surface area contributed by atoms with Gasteiger partial charge in [-0.05, 0) is 19.1 Å². The number of halogens is 3. The molecule has 1 aromatic rings. The van der Waals surface area contributed by atoms with Crippen molar-refractivity contribution in [1.82, 2.24) is 0 Å². The average molecular weight is 308 g/mol. The predicted octanol–water partition coefficient (Wildman–Crippen LogP) is 3.29. The number of benzene rings is 1. The number of carbonyl (C=O) groups excluding carboxylic acids is 1. The van der Waals surface area contributed by atoms with E-state index in [4.69, 9.17) is 0 Å². The number of rotatable bonds is 5. The van der Waals surface area contributed by atoms with E-state index in [-0.39, 0.29) is 6.42 Å². The van der Waals surface area contributed by atoms with E-state index < -0.39 is 23.7 Å². The largest absolute Gasteiger partial charge is 0.448 e. The van der Waals surface area contributed by atoms with E-state index in [0.29, 0.717) is 16.7 Å². The molecule has 0 amide bonds. The first-order valence-corrected chi connectivity index (χ1v) is 6.79. The molecule has 0 saturated heterocycles. The fraction of sp³-hybridized carbons (Fsp3) is 0.462. The van der Waals surface area contributed by atoms with Crippen LogP contribution in [-0.2, 0) is 9.53 Å². The Balaban J connectivity index is 2.87. The monoisotopic (exact) mass is 308 g/mol. The van der Waals surface area contributed by atoms with Crippen LogP contribution in [0.2, 0.25) is 0 Å². The van der Waals surface area contributed by atoms with Crippen LogP contribution in [0.5, 0.6) is 0 Å². The van der Waals surface area contributed by atoms with Crippen molar-refractivity contribution in [3.05, 3.63) is 29.8 Å². The minimum atomic E-state index is -4.85. The first-order chi connectivity index (χ1) is 9.24. The number of hydrogen-bond donors (Lipinski definition) is 1. The summed E-state index contributed by atoms with van der Waals surface area (Å²) in [5, 5.41) is 9.28. The van der Waals surface area contributed by atoms with Gasteiger partial charge in [-0.1, -0.05) is 36.4 Å². The highest BCUT2D eigenvalue weighted by Crippen LogP contribution is 2.33. The molecule has 3 nitrogen and oxygen atoms in total. The zero-order chi connectivity index (χ0) is 15.3. The molecule has 0 bridgehead atoms. The number of aliphatic hydroxyl groups is 1. The number of ether oxygens (including phenoxy) is 1. The topological polar surface area (TPSA) is 46.5 Å². The van der Waals surface area contributed by atoms with E-state index in [2.05, 4.69) is 4.74 Å². The Morgan fingerprint density at radius 3 is 2.35 bits per heavy atom. The molecule has 0 aliphatic rings. The van der Waals surface area contributed by atoms with Gasteiger partial charge >= 0.3 is 12.1 Å². The van der Waals surface area contributed by atoms with Gasteiger partial charge in [-0.15, -0.1) is 0 Å². The number of thioether (sulfide) groups is 1. The lowest BCUT2D eigenvalue weighted by Gasteiger charge is -2.24. The first-order valence-electron chi connectivity index (χ1n) is 5.91. The molecule has 0 fully saturated rings. The molecule has 0 radical (unpaired) electrons. The Morgan fingerprint density at radius 2 is 1.90 bits per heavy atom. The second-order valence-electron chi connectivity index (χ2n) is 4.13. The molecule has 0 saturated carbocycles. The molecule has 0 aromatic heterocycles. The van der Waals surface area contributed by atoms with Gasteiger partial charge in [0.25, 0.3) is 0 Å². The summed E-state index contributed by atoms with van der Waals surface area (Å²) in [6.07, 6.45) is -7.64. The number of carbonyl (C=O) groups is 1. The van der Waals surface area contributed by atoms with Gasteiger partial charge in [0.15, 0.2) is 11.5 Å². The van der Waals surface area contributed by atoms with E-state index in [0.717, 1.165) is 5.56 Å². The maximum absolute atomic E-state index is 12.6. The second-order valence-corrected chi connectivity index (χ2v) is 5.30. The van der Waals surface area contributed by atoms with Gasteiger partial charge in [-0.25, -0.2) is 0 Å². The maximum Gasteiger partial charge on any atom is 0.418 e. The Kier molecular flexibility index (Phi) is 5.88. The van der Waals surface area contributed by atoms with Crippen LogP contribution < -0.4 is 0 Å². The van der Waals surface area contributed by atoms with Crippen LogP contribution in [0.4, 0.5) is 13.2 Å². The van der Waals surface area contributed by atoms with Gasteiger partial charge in [-0.2, -0.15) is 13.2 Å². The lowest BCUT2D eigenvalue weighted by molar-refractivity contribution is -0.222. The lowest BCUT2D eigenvalue weighted by Crippen LogP contribution is -2.40. The minimum absolute atomic E-state index is 0.0600. The summed E-state index contributed by atoms with van der Waals surface area (Å²) in [5.74, 6) is -0.794. The molecule has 0 spiro atoms. The quantitative estimate of drug-likeness (QED) is 0.515.